The molecular formula is C18H29Cl2N3. The van der Waals surface area contributed by atoms with Gasteiger partial charge in [0.25, 0.3) is 0 Å². The summed E-state index contributed by atoms with van der Waals surface area (Å²) in [6.07, 6.45) is 1.22. The molecule has 1 aliphatic rings. The van der Waals surface area contributed by atoms with E-state index in [4.69, 9.17) is 0 Å². The Balaban J connectivity index is 0.00000132. The first-order valence-corrected chi connectivity index (χ1v) is 8.24. The fraction of sp³-hybridized carbons (Fsp3) is 0.556. The van der Waals surface area contributed by atoms with Crippen molar-refractivity contribution < 1.29 is 0 Å². The molecule has 1 aromatic heterocycles. The Hall–Kier alpha value is -0.740. The Kier molecular flexibility index (Phi) is 7.88. The number of aromatic amines is 1. The standard InChI is InChI=1S/C18H27N3.2ClH/c1-4-13(2)18(21-11-9-19-10-12-21)17-14(3)20-16-8-6-5-7-15(16)17;;/h5-8,13,18-20H,4,9-12H2,1-3H3;2*1H/t13?,18-;;/m1../s1. The van der Waals surface area contributed by atoms with Crippen LogP contribution in [0.5, 0.6) is 0 Å². The Labute approximate surface area is 152 Å². The third kappa shape index (κ3) is 4.03. The summed E-state index contributed by atoms with van der Waals surface area (Å²) >= 11 is 0. The Morgan fingerprint density at radius 1 is 1.13 bits per heavy atom. The summed E-state index contributed by atoms with van der Waals surface area (Å²) in [5, 5.41) is 4.88. The zero-order valence-corrected chi connectivity index (χ0v) is 15.9. The number of H-pyrrole nitrogens is 1. The van der Waals surface area contributed by atoms with Crippen molar-refractivity contribution in [2.75, 3.05) is 26.2 Å². The largest absolute Gasteiger partial charge is 0.358 e. The summed E-state index contributed by atoms with van der Waals surface area (Å²) in [6, 6.07) is 9.26. The molecule has 1 unspecified atom stereocenters. The first kappa shape index (κ1) is 20.3. The van der Waals surface area contributed by atoms with Crippen molar-refractivity contribution in [2.24, 2.45) is 5.92 Å². The molecule has 1 aromatic carbocycles. The van der Waals surface area contributed by atoms with E-state index in [2.05, 4.69) is 60.2 Å². The number of rotatable bonds is 4. The van der Waals surface area contributed by atoms with Gasteiger partial charge in [-0.25, -0.2) is 0 Å². The number of halogens is 2. The zero-order valence-electron chi connectivity index (χ0n) is 14.3. The lowest BCUT2D eigenvalue weighted by Gasteiger charge is -2.38. The minimum Gasteiger partial charge on any atom is -0.358 e. The van der Waals surface area contributed by atoms with E-state index in [0.717, 1.165) is 26.2 Å². The summed E-state index contributed by atoms with van der Waals surface area (Å²) in [6.45, 7) is 11.4. The van der Waals surface area contributed by atoms with Crippen LogP contribution in [0.2, 0.25) is 0 Å². The fourth-order valence-electron chi connectivity index (χ4n) is 3.69. The molecule has 1 aliphatic heterocycles. The highest BCUT2D eigenvalue weighted by Gasteiger charge is 2.29. The maximum atomic E-state index is 3.58. The fourth-order valence-corrected chi connectivity index (χ4v) is 3.69. The number of nitrogens with one attached hydrogen (secondary N) is 2. The van der Waals surface area contributed by atoms with Crippen LogP contribution >= 0.6 is 24.8 Å². The Morgan fingerprint density at radius 2 is 1.78 bits per heavy atom. The van der Waals surface area contributed by atoms with Gasteiger partial charge in [0, 0.05) is 48.8 Å². The normalized spacial score (nSPS) is 18.0. The van der Waals surface area contributed by atoms with E-state index in [0.29, 0.717) is 12.0 Å². The topological polar surface area (TPSA) is 31.1 Å². The monoisotopic (exact) mass is 357 g/mol. The zero-order chi connectivity index (χ0) is 14.8. The number of hydrogen-bond acceptors (Lipinski definition) is 2. The maximum Gasteiger partial charge on any atom is 0.0459 e. The van der Waals surface area contributed by atoms with E-state index in [1.54, 1.807) is 0 Å². The van der Waals surface area contributed by atoms with Crippen LogP contribution in [0.3, 0.4) is 0 Å². The Morgan fingerprint density at radius 3 is 2.43 bits per heavy atom. The molecule has 130 valence electrons. The van der Waals surface area contributed by atoms with Crippen LogP contribution in [0.25, 0.3) is 10.9 Å². The number of hydrogen-bond donors (Lipinski definition) is 2. The maximum absolute atomic E-state index is 3.58. The van der Waals surface area contributed by atoms with Crippen molar-refractivity contribution in [3.05, 3.63) is 35.5 Å². The Bertz CT molecular complexity index is 605. The van der Waals surface area contributed by atoms with Crippen LogP contribution in [0.15, 0.2) is 24.3 Å². The summed E-state index contributed by atoms with van der Waals surface area (Å²) in [7, 11) is 0. The average Bonchev–Trinajstić information content (AvgIpc) is 2.85. The molecule has 0 aliphatic carbocycles. The molecule has 0 saturated carbocycles. The van der Waals surface area contributed by atoms with Gasteiger partial charge in [0.1, 0.15) is 0 Å². The van der Waals surface area contributed by atoms with Gasteiger partial charge in [0.2, 0.25) is 0 Å². The number of nitrogens with zero attached hydrogens (tertiary/aromatic N) is 1. The minimum atomic E-state index is 0. The van der Waals surface area contributed by atoms with Gasteiger partial charge in [-0.1, -0.05) is 38.5 Å². The van der Waals surface area contributed by atoms with Crippen LogP contribution in [-0.2, 0) is 0 Å². The number of aromatic nitrogens is 1. The molecule has 3 nitrogen and oxygen atoms in total. The SMILES string of the molecule is CCC(C)[C@H](c1c(C)[nH]c2ccccc12)N1CCNCC1.Cl.Cl. The smallest absolute Gasteiger partial charge is 0.0459 e. The predicted octanol–water partition coefficient (Wildman–Crippen LogP) is 4.31. The second-order valence-electron chi connectivity index (χ2n) is 6.33. The molecule has 23 heavy (non-hydrogen) atoms. The van der Waals surface area contributed by atoms with Gasteiger partial charge in [-0.15, -0.1) is 24.8 Å². The third-order valence-electron chi connectivity index (χ3n) is 4.97. The first-order valence-electron chi connectivity index (χ1n) is 8.24. The molecule has 3 rings (SSSR count). The molecule has 2 atom stereocenters. The summed E-state index contributed by atoms with van der Waals surface area (Å²) < 4.78 is 0. The number of benzene rings is 1. The quantitative estimate of drug-likeness (QED) is 0.853. The second-order valence-corrected chi connectivity index (χ2v) is 6.33. The van der Waals surface area contributed by atoms with Crippen molar-refractivity contribution >= 4 is 35.7 Å². The van der Waals surface area contributed by atoms with Crippen LogP contribution in [0.4, 0.5) is 0 Å². The molecule has 0 amide bonds. The number of para-hydroxylation sites is 1. The van der Waals surface area contributed by atoms with E-state index in [1.807, 2.05) is 0 Å². The van der Waals surface area contributed by atoms with Crippen molar-refractivity contribution in [2.45, 2.75) is 33.2 Å². The van der Waals surface area contributed by atoms with E-state index >= 15 is 0 Å². The van der Waals surface area contributed by atoms with Crippen molar-refractivity contribution in [1.29, 1.82) is 0 Å². The number of fused-ring (bicyclic) bond motifs is 1. The van der Waals surface area contributed by atoms with Crippen molar-refractivity contribution in [3.8, 4) is 0 Å². The third-order valence-corrected chi connectivity index (χ3v) is 4.97. The van der Waals surface area contributed by atoms with E-state index < -0.39 is 0 Å². The summed E-state index contributed by atoms with van der Waals surface area (Å²) in [4.78, 5) is 6.26. The molecule has 2 aromatic rings. The highest BCUT2D eigenvalue weighted by molar-refractivity contribution is 5.86. The van der Waals surface area contributed by atoms with Crippen molar-refractivity contribution in [3.63, 3.8) is 0 Å². The lowest BCUT2D eigenvalue weighted by molar-refractivity contribution is 0.129. The van der Waals surface area contributed by atoms with Crippen LogP contribution in [0.1, 0.15) is 37.6 Å². The minimum absolute atomic E-state index is 0. The van der Waals surface area contributed by atoms with Crippen LogP contribution in [0, 0.1) is 12.8 Å². The predicted molar refractivity (Wildman–Crippen MR) is 104 cm³/mol. The van der Waals surface area contributed by atoms with E-state index in [9.17, 15) is 0 Å². The molecule has 1 saturated heterocycles. The number of piperazine rings is 1. The van der Waals surface area contributed by atoms with E-state index in [-0.39, 0.29) is 24.8 Å². The number of aryl methyl sites for hydroxylation is 1. The molecule has 0 spiro atoms. The molecule has 5 heteroatoms. The lowest BCUT2D eigenvalue weighted by Crippen LogP contribution is -2.46. The van der Waals surface area contributed by atoms with Gasteiger partial charge in [-0.3, -0.25) is 4.90 Å². The molecule has 0 radical (unpaired) electrons. The highest BCUT2D eigenvalue weighted by Crippen LogP contribution is 2.37. The molecular weight excluding hydrogens is 329 g/mol. The summed E-state index contributed by atoms with van der Waals surface area (Å²) in [5.74, 6) is 0.668. The average molecular weight is 358 g/mol. The van der Waals surface area contributed by atoms with Crippen molar-refractivity contribution in [1.82, 2.24) is 15.2 Å². The van der Waals surface area contributed by atoms with Gasteiger partial charge >= 0.3 is 0 Å². The molecule has 1 fully saturated rings. The second kappa shape index (κ2) is 8.93. The van der Waals surface area contributed by atoms with Gasteiger partial charge in [0.15, 0.2) is 0 Å². The highest BCUT2D eigenvalue weighted by atomic mass is 35.5. The van der Waals surface area contributed by atoms with E-state index in [1.165, 1.54) is 28.6 Å². The molecule has 0 bridgehead atoms. The van der Waals surface area contributed by atoms with Crippen LogP contribution < -0.4 is 5.32 Å². The van der Waals surface area contributed by atoms with Gasteiger partial charge in [-0.2, -0.15) is 0 Å². The lowest BCUT2D eigenvalue weighted by atomic mass is 9.89. The van der Waals surface area contributed by atoms with Crippen LogP contribution in [-0.4, -0.2) is 36.1 Å². The van der Waals surface area contributed by atoms with Gasteiger partial charge < -0.3 is 10.3 Å². The molecule has 2 N–H and O–H groups in total. The van der Waals surface area contributed by atoms with Gasteiger partial charge in [-0.05, 0) is 24.5 Å². The van der Waals surface area contributed by atoms with Gasteiger partial charge in [0.05, 0.1) is 0 Å². The summed E-state index contributed by atoms with van der Waals surface area (Å²) in [5.41, 5.74) is 4.12. The molecule has 2 heterocycles. The first-order chi connectivity index (χ1) is 10.2.